The van der Waals surface area contributed by atoms with E-state index in [1.165, 1.54) is 0 Å². The normalized spacial score (nSPS) is 19.1. The number of carbonyl (C=O) groups excluding carboxylic acids is 1. The predicted molar refractivity (Wildman–Crippen MR) is 71.7 cm³/mol. The summed E-state index contributed by atoms with van der Waals surface area (Å²) in [6.07, 6.45) is 2.37. The van der Waals surface area contributed by atoms with E-state index < -0.39 is 0 Å². The Bertz CT molecular complexity index is 276. The molecule has 1 atom stereocenters. The van der Waals surface area contributed by atoms with Gasteiger partial charge in [0, 0.05) is 39.1 Å². The van der Waals surface area contributed by atoms with Crippen molar-refractivity contribution in [1.82, 2.24) is 4.90 Å². The largest absolute Gasteiger partial charge is 0.393 e. The van der Waals surface area contributed by atoms with Gasteiger partial charge in [-0.15, -0.1) is 0 Å². The van der Waals surface area contributed by atoms with Gasteiger partial charge in [-0.25, -0.2) is 0 Å². The van der Waals surface area contributed by atoms with Crippen molar-refractivity contribution < 1.29 is 9.53 Å². The second kappa shape index (κ2) is 6.91. The number of methoxy groups -OCH3 is 1. The summed E-state index contributed by atoms with van der Waals surface area (Å²) in [5.74, 6) is 0.808. The van der Waals surface area contributed by atoms with Crippen LogP contribution in [0.25, 0.3) is 0 Å². The van der Waals surface area contributed by atoms with E-state index in [0.29, 0.717) is 23.9 Å². The van der Waals surface area contributed by atoms with E-state index in [9.17, 15) is 4.79 Å². The van der Waals surface area contributed by atoms with Crippen LogP contribution in [0.1, 0.15) is 26.2 Å². The Morgan fingerprint density at radius 2 is 2.12 bits per heavy atom. The first-order valence-electron chi connectivity index (χ1n) is 6.10. The van der Waals surface area contributed by atoms with E-state index in [4.69, 9.17) is 22.7 Å². The summed E-state index contributed by atoms with van der Waals surface area (Å²) in [4.78, 5) is 14.5. The van der Waals surface area contributed by atoms with E-state index in [2.05, 4.69) is 0 Å². The van der Waals surface area contributed by atoms with Crippen molar-refractivity contribution in [2.75, 3.05) is 26.8 Å². The number of thiocarbonyl (C=S) groups is 1. The van der Waals surface area contributed by atoms with Gasteiger partial charge < -0.3 is 15.4 Å². The van der Waals surface area contributed by atoms with Gasteiger partial charge in [-0.1, -0.05) is 19.1 Å². The molecule has 0 spiro atoms. The molecule has 1 aliphatic heterocycles. The molecule has 1 amide bonds. The van der Waals surface area contributed by atoms with Gasteiger partial charge in [-0.2, -0.15) is 0 Å². The van der Waals surface area contributed by atoms with E-state index >= 15 is 0 Å². The number of nitrogens with two attached hydrogens (primary N) is 1. The lowest BCUT2D eigenvalue weighted by Crippen LogP contribution is -2.41. The number of ether oxygens (including phenoxy) is 1. The van der Waals surface area contributed by atoms with Gasteiger partial charge in [0.15, 0.2) is 0 Å². The zero-order valence-corrected chi connectivity index (χ0v) is 11.5. The van der Waals surface area contributed by atoms with Crippen molar-refractivity contribution in [3.8, 4) is 0 Å². The summed E-state index contributed by atoms with van der Waals surface area (Å²) in [5.41, 5.74) is 5.62. The van der Waals surface area contributed by atoms with Crippen LogP contribution >= 0.6 is 12.2 Å². The molecule has 1 unspecified atom stereocenters. The van der Waals surface area contributed by atoms with Crippen LogP contribution in [-0.4, -0.2) is 42.6 Å². The van der Waals surface area contributed by atoms with Crippen LogP contribution in [0.5, 0.6) is 0 Å². The van der Waals surface area contributed by atoms with Crippen molar-refractivity contribution in [1.29, 1.82) is 0 Å². The Balaban J connectivity index is 2.33. The number of amides is 1. The second-order valence-electron chi connectivity index (χ2n) is 4.82. The first-order valence-corrected chi connectivity index (χ1v) is 6.51. The molecule has 0 radical (unpaired) electrons. The average Bonchev–Trinajstić information content (AvgIpc) is 2.29. The number of carbonyl (C=O) groups is 1. The maximum atomic E-state index is 12.0. The van der Waals surface area contributed by atoms with Crippen LogP contribution in [0, 0.1) is 11.8 Å². The van der Waals surface area contributed by atoms with E-state index in [1.807, 2.05) is 11.8 Å². The summed E-state index contributed by atoms with van der Waals surface area (Å²) in [6.45, 7) is 4.22. The van der Waals surface area contributed by atoms with Gasteiger partial charge in [0.2, 0.25) is 5.91 Å². The SMILES string of the molecule is COCC(C)CC(=O)N1CCC(C(N)=S)CC1. The number of piperidine rings is 1. The van der Waals surface area contributed by atoms with Crippen molar-refractivity contribution in [2.45, 2.75) is 26.2 Å². The standard InChI is InChI=1S/C12H22N2O2S/c1-9(8-16-2)7-11(15)14-5-3-10(4-6-14)12(13)17/h9-10H,3-8H2,1-2H3,(H2,13,17). The van der Waals surface area contributed by atoms with Gasteiger partial charge in [0.25, 0.3) is 0 Å². The molecule has 2 N–H and O–H groups in total. The fourth-order valence-electron chi connectivity index (χ4n) is 2.18. The molecule has 0 saturated carbocycles. The monoisotopic (exact) mass is 258 g/mol. The molecule has 0 aromatic carbocycles. The van der Waals surface area contributed by atoms with Crippen LogP contribution in [0.15, 0.2) is 0 Å². The Labute approximate surface area is 108 Å². The molecule has 1 fully saturated rings. The molecular formula is C12H22N2O2S. The molecular weight excluding hydrogens is 236 g/mol. The molecule has 17 heavy (non-hydrogen) atoms. The minimum absolute atomic E-state index is 0.218. The average molecular weight is 258 g/mol. The van der Waals surface area contributed by atoms with Gasteiger partial charge in [-0.05, 0) is 18.8 Å². The maximum Gasteiger partial charge on any atom is 0.222 e. The minimum Gasteiger partial charge on any atom is -0.393 e. The third-order valence-electron chi connectivity index (χ3n) is 3.22. The Kier molecular flexibility index (Phi) is 5.85. The lowest BCUT2D eigenvalue weighted by molar-refractivity contribution is -0.133. The van der Waals surface area contributed by atoms with Gasteiger partial charge in [-0.3, -0.25) is 4.79 Å². The van der Waals surface area contributed by atoms with E-state index in [-0.39, 0.29) is 11.8 Å². The molecule has 5 heteroatoms. The minimum atomic E-state index is 0.218. The fraction of sp³-hybridized carbons (Fsp3) is 0.833. The highest BCUT2D eigenvalue weighted by molar-refractivity contribution is 7.80. The summed E-state index contributed by atoms with van der Waals surface area (Å²) in [6, 6.07) is 0. The zero-order chi connectivity index (χ0) is 12.8. The highest BCUT2D eigenvalue weighted by atomic mass is 32.1. The van der Waals surface area contributed by atoms with E-state index in [1.54, 1.807) is 7.11 Å². The third kappa shape index (κ3) is 4.60. The van der Waals surface area contributed by atoms with Crippen LogP contribution in [0.4, 0.5) is 0 Å². The number of rotatable bonds is 5. The van der Waals surface area contributed by atoms with Crippen LogP contribution in [-0.2, 0) is 9.53 Å². The molecule has 0 aliphatic carbocycles. The van der Waals surface area contributed by atoms with Crippen molar-refractivity contribution in [2.24, 2.45) is 17.6 Å². The summed E-state index contributed by atoms with van der Waals surface area (Å²) in [7, 11) is 1.66. The third-order valence-corrected chi connectivity index (χ3v) is 3.56. The number of likely N-dealkylation sites (tertiary alicyclic amines) is 1. The van der Waals surface area contributed by atoms with Gasteiger partial charge >= 0.3 is 0 Å². The molecule has 1 rings (SSSR count). The quantitative estimate of drug-likeness (QED) is 0.753. The lowest BCUT2D eigenvalue weighted by atomic mass is 9.96. The zero-order valence-electron chi connectivity index (χ0n) is 10.6. The first kappa shape index (κ1) is 14.4. The predicted octanol–water partition coefficient (Wildman–Crippen LogP) is 1.18. The smallest absolute Gasteiger partial charge is 0.222 e. The van der Waals surface area contributed by atoms with Gasteiger partial charge in [0.05, 0.1) is 4.99 Å². The summed E-state index contributed by atoms with van der Waals surface area (Å²) in [5, 5.41) is 0. The highest BCUT2D eigenvalue weighted by Crippen LogP contribution is 2.19. The Hall–Kier alpha value is -0.680. The van der Waals surface area contributed by atoms with Crippen LogP contribution in [0.2, 0.25) is 0 Å². The van der Waals surface area contributed by atoms with Crippen molar-refractivity contribution >= 4 is 23.1 Å². The molecule has 1 heterocycles. The highest BCUT2D eigenvalue weighted by Gasteiger charge is 2.24. The first-order chi connectivity index (χ1) is 8.04. The number of hydrogen-bond acceptors (Lipinski definition) is 3. The molecule has 0 bridgehead atoms. The summed E-state index contributed by atoms with van der Waals surface area (Å²) >= 11 is 4.98. The van der Waals surface area contributed by atoms with Crippen LogP contribution in [0.3, 0.4) is 0 Å². The Morgan fingerprint density at radius 1 is 1.53 bits per heavy atom. The molecule has 1 saturated heterocycles. The van der Waals surface area contributed by atoms with Crippen molar-refractivity contribution in [3.05, 3.63) is 0 Å². The van der Waals surface area contributed by atoms with Crippen molar-refractivity contribution in [3.63, 3.8) is 0 Å². The molecule has 0 aromatic heterocycles. The van der Waals surface area contributed by atoms with E-state index in [0.717, 1.165) is 25.9 Å². The topological polar surface area (TPSA) is 55.6 Å². The maximum absolute atomic E-state index is 12.0. The molecule has 98 valence electrons. The Morgan fingerprint density at radius 3 is 2.59 bits per heavy atom. The lowest BCUT2D eigenvalue weighted by Gasteiger charge is -2.32. The second-order valence-corrected chi connectivity index (χ2v) is 5.29. The number of hydrogen-bond donors (Lipinski definition) is 1. The molecule has 1 aliphatic rings. The molecule has 0 aromatic rings. The van der Waals surface area contributed by atoms with Gasteiger partial charge in [0.1, 0.15) is 0 Å². The summed E-state index contributed by atoms with van der Waals surface area (Å²) < 4.78 is 5.04. The van der Waals surface area contributed by atoms with Crippen LogP contribution < -0.4 is 5.73 Å². The molecule has 4 nitrogen and oxygen atoms in total. The fourth-order valence-corrected chi connectivity index (χ4v) is 2.42. The number of nitrogens with zero attached hydrogens (tertiary/aromatic N) is 1.